The zero-order valence-corrected chi connectivity index (χ0v) is 16.6. The van der Waals surface area contributed by atoms with Crippen molar-refractivity contribution in [2.45, 2.75) is 20.3 Å². The van der Waals surface area contributed by atoms with Gasteiger partial charge in [0.1, 0.15) is 0 Å². The average Bonchev–Trinajstić information content (AvgIpc) is 3.11. The molecule has 0 bridgehead atoms. The number of nitrogens with zero attached hydrogens (tertiary/aromatic N) is 4. The number of carbonyl (C=O) groups is 1. The van der Waals surface area contributed by atoms with E-state index in [0.717, 1.165) is 22.6 Å². The second-order valence-electron chi connectivity index (χ2n) is 6.88. The lowest BCUT2D eigenvalue weighted by molar-refractivity contribution is -0.115. The van der Waals surface area contributed by atoms with E-state index < -0.39 is 0 Å². The summed E-state index contributed by atoms with van der Waals surface area (Å²) < 4.78 is 1.60. The van der Waals surface area contributed by atoms with Crippen LogP contribution in [0.15, 0.2) is 75.7 Å². The molecule has 2 N–H and O–H groups in total. The topological polar surface area (TPSA) is 104 Å². The van der Waals surface area contributed by atoms with Crippen LogP contribution in [0, 0.1) is 13.8 Å². The molecule has 4 aromatic rings. The number of amides is 1. The number of aryl methyl sites for hydroxylation is 2. The van der Waals surface area contributed by atoms with Gasteiger partial charge in [0.25, 0.3) is 5.56 Å². The third-order valence-corrected chi connectivity index (χ3v) is 4.73. The Labute approximate surface area is 172 Å². The van der Waals surface area contributed by atoms with Crippen LogP contribution in [-0.2, 0) is 11.2 Å². The minimum Gasteiger partial charge on any atom is -0.326 e. The van der Waals surface area contributed by atoms with E-state index in [-0.39, 0.29) is 17.9 Å². The van der Waals surface area contributed by atoms with E-state index in [0.29, 0.717) is 17.0 Å². The number of fused-ring (bicyclic) bond motifs is 1. The van der Waals surface area contributed by atoms with Gasteiger partial charge in [-0.1, -0.05) is 18.2 Å². The number of hydrogen-bond acceptors (Lipinski definition) is 5. The van der Waals surface area contributed by atoms with E-state index in [2.05, 4.69) is 25.6 Å². The molecule has 0 radical (unpaired) electrons. The first-order valence-electron chi connectivity index (χ1n) is 9.44. The maximum Gasteiger partial charge on any atom is 0.266 e. The highest BCUT2D eigenvalue weighted by Crippen LogP contribution is 2.20. The molecule has 30 heavy (non-hydrogen) atoms. The summed E-state index contributed by atoms with van der Waals surface area (Å²) in [5.41, 5.74) is 4.72. The van der Waals surface area contributed by atoms with Crippen LogP contribution in [-0.4, -0.2) is 20.5 Å². The number of anilines is 1. The molecule has 0 fully saturated rings. The summed E-state index contributed by atoms with van der Waals surface area (Å²) in [7, 11) is 0. The number of benzene rings is 2. The molecule has 0 spiro atoms. The highest BCUT2D eigenvalue weighted by atomic mass is 16.1. The number of aromatic nitrogens is 3. The Morgan fingerprint density at radius 1 is 1.03 bits per heavy atom. The molecule has 0 saturated carbocycles. The van der Waals surface area contributed by atoms with Gasteiger partial charge in [-0.25, -0.2) is 9.50 Å². The fraction of sp³-hybridized carbons (Fsp3) is 0.136. The number of aromatic amines is 1. The fourth-order valence-electron chi connectivity index (χ4n) is 3.20. The largest absolute Gasteiger partial charge is 0.326 e. The summed E-state index contributed by atoms with van der Waals surface area (Å²) in [6.07, 6.45) is 0.149. The van der Waals surface area contributed by atoms with Gasteiger partial charge in [-0.2, -0.15) is 10.2 Å². The molecule has 0 unspecified atom stereocenters. The molecule has 2 aromatic heterocycles. The van der Waals surface area contributed by atoms with E-state index in [1.807, 2.05) is 44.2 Å². The van der Waals surface area contributed by atoms with Crippen molar-refractivity contribution in [3.8, 4) is 0 Å². The van der Waals surface area contributed by atoms with Gasteiger partial charge in [-0.15, -0.1) is 0 Å². The van der Waals surface area contributed by atoms with Crippen LogP contribution in [0.2, 0.25) is 0 Å². The molecule has 0 saturated heterocycles. The second kappa shape index (κ2) is 8.12. The summed E-state index contributed by atoms with van der Waals surface area (Å²) >= 11 is 0. The van der Waals surface area contributed by atoms with Crippen molar-refractivity contribution in [3.05, 3.63) is 88.0 Å². The Hall–Kier alpha value is -4.07. The lowest BCUT2D eigenvalue weighted by Gasteiger charge is -2.11. The minimum absolute atomic E-state index is 0.149. The molecule has 0 atom stereocenters. The van der Waals surface area contributed by atoms with Crippen LogP contribution in [0.3, 0.4) is 0 Å². The molecule has 1 amide bonds. The second-order valence-corrected chi connectivity index (χ2v) is 6.88. The van der Waals surface area contributed by atoms with Crippen molar-refractivity contribution >= 4 is 28.6 Å². The summed E-state index contributed by atoms with van der Waals surface area (Å²) in [4.78, 5) is 28.5. The molecule has 0 aliphatic carbocycles. The Bertz CT molecular complexity index is 1290. The quantitative estimate of drug-likeness (QED) is 0.490. The maximum absolute atomic E-state index is 12.6. The standard InChI is InChI=1S/C22H20N6O2/c1-14-19(15(2)28-20(23-14)13-22(30)27-28)12-21(29)24-16-8-10-18(11-9-16)26-25-17-6-4-3-5-7-17/h3-11,13H,12H2,1-2H3,(H,24,29)(H,27,30). The smallest absolute Gasteiger partial charge is 0.266 e. The molecule has 2 aromatic carbocycles. The van der Waals surface area contributed by atoms with Crippen molar-refractivity contribution in [1.82, 2.24) is 14.6 Å². The molecule has 0 aliphatic rings. The first-order chi connectivity index (χ1) is 14.5. The normalized spacial score (nSPS) is 11.3. The van der Waals surface area contributed by atoms with E-state index in [4.69, 9.17) is 0 Å². The molecule has 8 heteroatoms. The Balaban J connectivity index is 1.45. The van der Waals surface area contributed by atoms with E-state index in [1.165, 1.54) is 6.07 Å². The number of nitrogens with one attached hydrogen (secondary N) is 2. The average molecular weight is 400 g/mol. The highest BCUT2D eigenvalue weighted by molar-refractivity contribution is 5.92. The van der Waals surface area contributed by atoms with Crippen LogP contribution in [0.1, 0.15) is 17.0 Å². The fourth-order valence-corrected chi connectivity index (χ4v) is 3.20. The number of azo groups is 1. The summed E-state index contributed by atoms with van der Waals surface area (Å²) in [5.74, 6) is -0.171. The predicted molar refractivity (Wildman–Crippen MR) is 115 cm³/mol. The highest BCUT2D eigenvalue weighted by Gasteiger charge is 2.14. The molecular formula is C22H20N6O2. The Kier molecular flexibility index (Phi) is 5.21. The van der Waals surface area contributed by atoms with Crippen LogP contribution >= 0.6 is 0 Å². The number of hydrogen-bond donors (Lipinski definition) is 2. The molecular weight excluding hydrogens is 380 g/mol. The third-order valence-electron chi connectivity index (χ3n) is 4.73. The van der Waals surface area contributed by atoms with Gasteiger partial charge in [0.15, 0.2) is 5.65 Å². The minimum atomic E-state index is -0.226. The number of carbonyl (C=O) groups excluding carboxylic acids is 1. The maximum atomic E-state index is 12.6. The van der Waals surface area contributed by atoms with E-state index >= 15 is 0 Å². The van der Waals surface area contributed by atoms with Gasteiger partial charge in [-0.3, -0.25) is 14.7 Å². The van der Waals surface area contributed by atoms with Crippen molar-refractivity contribution < 1.29 is 4.79 Å². The Morgan fingerprint density at radius 2 is 1.70 bits per heavy atom. The SMILES string of the molecule is Cc1nc2cc(=O)[nH]n2c(C)c1CC(=O)Nc1ccc(N=Nc2ccccc2)cc1. The van der Waals surface area contributed by atoms with Gasteiger partial charge >= 0.3 is 0 Å². The number of H-pyrrole nitrogens is 1. The van der Waals surface area contributed by atoms with Crippen molar-refractivity contribution in [1.29, 1.82) is 0 Å². The third kappa shape index (κ3) is 4.17. The molecule has 150 valence electrons. The first-order valence-corrected chi connectivity index (χ1v) is 9.44. The summed E-state index contributed by atoms with van der Waals surface area (Å²) in [6, 6.07) is 18.0. The first kappa shape index (κ1) is 19.3. The van der Waals surface area contributed by atoms with Gasteiger partial charge < -0.3 is 5.32 Å². The predicted octanol–water partition coefficient (Wildman–Crippen LogP) is 4.24. The van der Waals surface area contributed by atoms with Crippen LogP contribution in [0.5, 0.6) is 0 Å². The lowest BCUT2D eigenvalue weighted by Crippen LogP contribution is -2.17. The van der Waals surface area contributed by atoms with Crippen LogP contribution in [0.25, 0.3) is 5.65 Å². The Morgan fingerprint density at radius 3 is 2.40 bits per heavy atom. The van der Waals surface area contributed by atoms with E-state index in [9.17, 15) is 9.59 Å². The van der Waals surface area contributed by atoms with Gasteiger partial charge in [-0.05, 0) is 50.2 Å². The monoisotopic (exact) mass is 400 g/mol. The number of rotatable bonds is 5. The van der Waals surface area contributed by atoms with Crippen LogP contribution < -0.4 is 10.9 Å². The molecule has 2 heterocycles. The van der Waals surface area contributed by atoms with Crippen molar-refractivity contribution in [3.63, 3.8) is 0 Å². The van der Waals surface area contributed by atoms with Crippen molar-refractivity contribution in [2.24, 2.45) is 10.2 Å². The molecule has 8 nitrogen and oxygen atoms in total. The van der Waals surface area contributed by atoms with Gasteiger partial charge in [0.2, 0.25) is 5.91 Å². The van der Waals surface area contributed by atoms with Gasteiger partial charge in [0, 0.05) is 28.7 Å². The van der Waals surface area contributed by atoms with Crippen molar-refractivity contribution in [2.75, 3.05) is 5.32 Å². The molecule has 4 rings (SSSR count). The van der Waals surface area contributed by atoms with Crippen LogP contribution in [0.4, 0.5) is 17.1 Å². The van der Waals surface area contributed by atoms with E-state index in [1.54, 1.807) is 28.8 Å². The zero-order chi connectivity index (χ0) is 21.1. The van der Waals surface area contributed by atoms with Gasteiger partial charge in [0.05, 0.1) is 17.8 Å². The summed E-state index contributed by atoms with van der Waals surface area (Å²) in [6.45, 7) is 3.69. The zero-order valence-electron chi connectivity index (χ0n) is 16.6. The lowest BCUT2D eigenvalue weighted by atomic mass is 10.1. The summed E-state index contributed by atoms with van der Waals surface area (Å²) in [5, 5.41) is 13.9. The molecule has 0 aliphatic heterocycles.